The smallest absolute Gasteiger partial charge is 0.248 e. The average Bonchev–Trinajstić information content (AvgIpc) is 3.20. The number of hydrogen-bond acceptors (Lipinski definition) is 6. The van der Waals surface area contributed by atoms with Crippen molar-refractivity contribution in [2.45, 2.75) is 30.9 Å². The van der Waals surface area contributed by atoms with E-state index in [-0.39, 0.29) is 16.9 Å². The van der Waals surface area contributed by atoms with Gasteiger partial charge in [0.15, 0.2) is 0 Å². The molecule has 26 heavy (non-hydrogen) atoms. The molecule has 1 N–H and O–H groups in total. The molecule has 2 aliphatic heterocycles. The Kier molecular flexibility index (Phi) is 4.03. The molecule has 0 aromatic heterocycles. The van der Waals surface area contributed by atoms with Crippen LogP contribution in [0.3, 0.4) is 0 Å². The molecule has 1 aromatic carbocycles. The third-order valence-corrected chi connectivity index (χ3v) is 7.17. The van der Waals surface area contributed by atoms with Crippen LogP contribution in [0, 0.1) is 34.0 Å². The van der Waals surface area contributed by atoms with Gasteiger partial charge in [0.05, 0.1) is 29.8 Å². The highest BCUT2D eigenvalue weighted by molar-refractivity contribution is 8.15. The first-order valence-corrected chi connectivity index (χ1v) is 9.58. The van der Waals surface area contributed by atoms with E-state index < -0.39 is 22.5 Å². The summed E-state index contributed by atoms with van der Waals surface area (Å²) in [6, 6.07) is 9.10. The molecule has 3 fully saturated rings. The molecule has 1 saturated carbocycles. The summed E-state index contributed by atoms with van der Waals surface area (Å²) in [6.45, 7) is 0. The van der Waals surface area contributed by atoms with Crippen molar-refractivity contribution in [2.24, 2.45) is 17.3 Å². The number of hydrogen-bond donors (Lipinski definition) is 1. The largest absolute Gasteiger partial charge is 0.497 e. The number of methoxy groups -OCH3 is 1. The Bertz CT molecular complexity index is 823. The van der Waals surface area contributed by atoms with Crippen molar-refractivity contribution in [3.8, 4) is 11.8 Å². The molecule has 0 bridgehead atoms. The van der Waals surface area contributed by atoms with Crippen LogP contribution in [0.25, 0.3) is 0 Å². The first-order valence-electron chi connectivity index (χ1n) is 8.70. The van der Waals surface area contributed by atoms with E-state index in [9.17, 15) is 14.9 Å². The third-order valence-electron chi connectivity index (χ3n) is 5.96. The average molecular weight is 369 g/mol. The number of imide groups is 1. The quantitative estimate of drug-likeness (QED) is 0.809. The van der Waals surface area contributed by atoms with Gasteiger partial charge in [0.2, 0.25) is 11.8 Å². The topological polar surface area (TPSA) is 94.2 Å². The van der Waals surface area contributed by atoms with Crippen LogP contribution in [-0.2, 0) is 9.59 Å². The standard InChI is InChI=1S/C19H19N3O3S/c1-25-12-6-4-11(5-7-12)22-17(23)14-15(18(22)24)26-16(21)13(10-20)19(14)8-2-3-9-19/h4-7,13-15,21H,2-3,8-9H2,1H3. The summed E-state index contributed by atoms with van der Waals surface area (Å²) < 4.78 is 5.14. The molecule has 3 unspecified atom stereocenters. The summed E-state index contributed by atoms with van der Waals surface area (Å²) in [6.07, 6.45) is 3.32. The minimum absolute atomic E-state index is 0.229. The summed E-state index contributed by atoms with van der Waals surface area (Å²) in [5.74, 6) is -0.972. The van der Waals surface area contributed by atoms with E-state index >= 15 is 0 Å². The fraction of sp³-hybridized carbons (Fsp3) is 0.474. The summed E-state index contributed by atoms with van der Waals surface area (Å²) in [7, 11) is 1.56. The zero-order valence-corrected chi connectivity index (χ0v) is 15.2. The molecule has 6 nitrogen and oxygen atoms in total. The van der Waals surface area contributed by atoms with Crippen molar-refractivity contribution in [3.63, 3.8) is 0 Å². The highest BCUT2D eigenvalue weighted by atomic mass is 32.2. The van der Waals surface area contributed by atoms with Gasteiger partial charge in [0.25, 0.3) is 0 Å². The summed E-state index contributed by atoms with van der Waals surface area (Å²) >= 11 is 1.09. The van der Waals surface area contributed by atoms with Gasteiger partial charge in [-0.25, -0.2) is 4.90 Å². The molecule has 1 aromatic rings. The van der Waals surface area contributed by atoms with E-state index in [1.165, 1.54) is 4.90 Å². The van der Waals surface area contributed by atoms with Gasteiger partial charge >= 0.3 is 0 Å². The Labute approximate surface area is 156 Å². The number of carbonyl (C=O) groups excluding carboxylic acids is 2. The van der Waals surface area contributed by atoms with Crippen LogP contribution >= 0.6 is 11.8 Å². The van der Waals surface area contributed by atoms with Crippen molar-refractivity contribution in [2.75, 3.05) is 12.0 Å². The number of nitrogens with zero attached hydrogens (tertiary/aromatic N) is 2. The minimum Gasteiger partial charge on any atom is -0.497 e. The molecule has 1 aliphatic carbocycles. The van der Waals surface area contributed by atoms with Crippen LogP contribution in [0.5, 0.6) is 5.75 Å². The molecule has 4 rings (SSSR count). The maximum absolute atomic E-state index is 13.3. The van der Waals surface area contributed by atoms with E-state index in [4.69, 9.17) is 10.1 Å². The highest BCUT2D eigenvalue weighted by Gasteiger charge is 2.65. The van der Waals surface area contributed by atoms with Crippen molar-refractivity contribution >= 4 is 34.3 Å². The number of anilines is 1. The maximum atomic E-state index is 13.3. The zero-order valence-electron chi connectivity index (χ0n) is 14.4. The molecule has 3 atom stereocenters. The van der Waals surface area contributed by atoms with Gasteiger partial charge in [-0.3, -0.25) is 15.0 Å². The van der Waals surface area contributed by atoms with Gasteiger partial charge in [0, 0.05) is 5.41 Å². The molecular formula is C19H19N3O3S. The predicted octanol–water partition coefficient (Wildman–Crippen LogP) is 2.98. The van der Waals surface area contributed by atoms with Gasteiger partial charge in [-0.05, 0) is 37.1 Å². The molecule has 2 heterocycles. The normalized spacial score (nSPS) is 29.8. The monoisotopic (exact) mass is 369 g/mol. The number of nitriles is 1. The van der Waals surface area contributed by atoms with Gasteiger partial charge in [0.1, 0.15) is 16.9 Å². The fourth-order valence-corrected chi connectivity index (χ4v) is 6.19. The van der Waals surface area contributed by atoms with E-state index in [0.29, 0.717) is 11.4 Å². The SMILES string of the molecule is COc1ccc(N2C(=O)C3SC(=N)C(C#N)C4(CCCC4)C3C2=O)cc1. The number of ether oxygens (including phenoxy) is 1. The number of fused-ring (bicyclic) bond motifs is 2. The number of benzene rings is 1. The lowest BCUT2D eigenvalue weighted by Gasteiger charge is -2.43. The van der Waals surface area contributed by atoms with Crippen LogP contribution in [0.1, 0.15) is 25.7 Å². The predicted molar refractivity (Wildman–Crippen MR) is 98.1 cm³/mol. The second-order valence-corrected chi connectivity index (χ2v) is 8.28. The van der Waals surface area contributed by atoms with Crippen molar-refractivity contribution in [1.29, 1.82) is 10.7 Å². The molecule has 0 radical (unpaired) electrons. The van der Waals surface area contributed by atoms with Gasteiger partial charge < -0.3 is 4.74 Å². The van der Waals surface area contributed by atoms with Crippen molar-refractivity contribution in [1.82, 2.24) is 0 Å². The second-order valence-electron chi connectivity index (χ2n) is 7.09. The van der Waals surface area contributed by atoms with E-state index in [2.05, 4.69) is 6.07 Å². The molecule has 2 saturated heterocycles. The molecule has 3 aliphatic rings. The lowest BCUT2D eigenvalue weighted by molar-refractivity contribution is -0.124. The van der Waals surface area contributed by atoms with Crippen LogP contribution in [0.15, 0.2) is 24.3 Å². The lowest BCUT2D eigenvalue weighted by Crippen LogP contribution is -2.49. The van der Waals surface area contributed by atoms with Crippen LogP contribution < -0.4 is 9.64 Å². The maximum Gasteiger partial charge on any atom is 0.248 e. The summed E-state index contributed by atoms with van der Waals surface area (Å²) in [5, 5.41) is 17.6. The number of rotatable bonds is 2. The number of carbonyl (C=O) groups is 2. The minimum atomic E-state index is -0.597. The van der Waals surface area contributed by atoms with Gasteiger partial charge in [-0.15, -0.1) is 0 Å². The molecular weight excluding hydrogens is 350 g/mol. The lowest BCUT2D eigenvalue weighted by atomic mass is 9.64. The van der Waals surface area contributed by atoms with Crippen molar-refractivity contribution < 1.29 is 14.3 Å². The Morgan fingerprint density at radius 2 is 1.88 bits per heavy atom. The van der Waals surface area contributed by atoms with E-state index in [1.807, 2.05) is 0 Å². The summed E-state index contributed by atoms with van der Waals surface area (Å²) in [4.78, 5) is 27.6. The number of thioether (sulfide) groups is 1. The number of amides is 2. The Morgan fingerprint density at radius 3 is 2.46 bits per heavy atom. The van der Waals surface area contributed by atoms with Gasteiger partial charge in [-0.2, -0.15) is 5.26 Å². The number of nitrogens with one attached hydrogen (secondary N) is 1. The first kappa shape index (κ1) is 17.1. The Balaban J connectivity index is 1.77. The van der Waals surface area contributed by atoms with Crippen LogP contribution in [0.4, 0.5) is 5.69 Å². The van der Waals surface area contributed by atoms with Crippen LogP contribution in [0.2, 0.25) is 0 Å². The highest BCUT2D eigenvalue weighted by Crippen LogP contribution is 2.60. The third kappa shape index (κ3) is 2.21. The van der Waals surface area contributed by atoms with E-state index in [0.717, 1.165) is 37.4 Å². The first-order chi connectivity index (χ1) is 12.5. The van der Waals surface area contributed by atoms with E-state index in [1.54, 1.807) is 31.4 Å². The second kappa shape index (κ2) is 6.13. The molecule has 134 valence electrons. The molecule has 7 heteroatoms. The van der Waals surface area contributed by atoms with Crippen LogP contribution in [-0.4, -0.2) is 29.2 Å². The molecule has 2 amide bonds. The summed E-state index contributed by atoms with van der Waals surface area (Å²) in [5.41, 5.74) is -0.0561. The Hall–Kier alpha value is -2.33. The van der Waals surface area contributed by atoms with Crippen molar-refractivity contribution in [3.05, 3.63) is 24.3 Å². The zero-order chi connectivity index (χ0) is 18.5. The molecule has 1 spiro atoms. The Morgan fingerprint density at radius 1 is 1.23 bits per heavy atom. The van der Waals surface area contributed by atoms with Gasteiger partial charge in [-0.1, -0.05) is 24.6 Å². The fourth-order valence-electron chi connectivity index (χ4n) is 4.76.